The molecule has 0 saturated heterocycles. The van der Waals surface area contributed by atoms with E-state index in [0.717, 1.165) is 19.4 Å². The lowest BCUT2D eigenvalue weighted by Crippen LogP contribution is -2.23. The molecule has 2 atom stereocenters. The van der Waals surface area contributed by atoms with Crippen molar-refractivity contribution < 1.29 is 9.53 Å². The van der Waals surface area contributed by atoms with Gasteiger partial charge in [-0.2, -0.15) is 0 Å². The fourth-order valence-electron chi connectivity index (χ4n) is 1.84. The van der Waals surface area contributed by atoms with Crippen molar-refractivity contribution in [2.45, 2.75) is 12.8 Å². The van der Waals surface area contributed by atoms with E-state index in [9.17, 15) is 4.79 Å². The van der Waals surface area contributed by atoms with Crippen molar-refractivity contribution in [3.05, 3.63) is 0 Å². The Labute approximate surface area is 65.5 Å². The smallest absolute Gasteiger partial charge is 0.312 e. The molecule has 0 N–H and O–H groups in total. The first kappa shape index (κ1) is 6.83. The summed E-state index contributed by atoms with van der Waals surface area (Å²) < 4.78 is 4.73. The monoisotopic (exact) mass is 153 g/mol. The number of hydrogen-bond acceptors (Lipinski definition) is 3. The third kappa shape index (κ3) is 0.800. The average molecular weight is 153 g/mol. The first-order chi connectivity index (χ1) is 5.29. The second-order valence-corrected chi connectivity index (χ2v) is 3.30. The van der Waals surface area contributed by atoms with Crippen LogP contribution in [0.5, 0.6) is 0 Å². The first-order valence-electron chi connectivity index (χ1n) is 3.86. The number of esters is 1. The first-order valence-corrected chi connectivity index (χ1v) is 3.86. The molecule has 2 aliphatic rings. The molecular formula is C8H11NO2. The summed E-state index contributed by atoms with van der Waals surface area (Å²) in [5.74, 6) is 0.425. The van der Waals surface area contributed by atoms with Gasteiger partial charge in [0.1, 0.15) is 0 Å². The number of aliphatic imine (C=N–C) groups is 1. The number of fused-ring (bicyclic) bond motifs is 1. The molecule has 3 nitrogen and oxygen atoms in total. The maximum Gasteiger partial charge on any atom is 0.312 e. The Morgan fingerprint density at radius 1 is 1.82 bits per heavy atom. The molecule has 0 aromatic heterocycles. The summed E-state index contributed by atoms with van der Waals surface area (Å²) in [7, 11) is 1.46. The van der Waals surface area contributed by atoms with Gasteiger partial charge in [0.05, 0.1) is 12.5 Å². The van der Waals surface area contributed by atoms with E-state index in [1.54, 1.807) is 0 Å². The van der Waals surface area contributed by atoms with Crippen molar-refractivity contribution in [1.29, 1.82) is 0 Å². The highest BCUT2D eigenvalue weighted by Gasteiger charge is 2.61. The Morgan fingerprint density at radius 3 is 3.27 bits per heavy atom. The molecular weight excluding hydrogens is 142 g/mol. The number of hydrogen-bond donors (Lipinski definition) is 0. The molecule has 1 fully saturated rings. The number of carbonyl (C=O) groups is 1. The van der Waals surface area contributed by atoms with Gasteiger partial charge in [0.15, 0.2) is 0 Å². The molecule has 11 heavy (non-hydrogen) atoms. The molecule has 1 aliphatic carbocycles. The Hall–Kier alpha value is -0.860. The zero-order valence-corrected chi connectivity index (χ0v) is 6.54. The molecule has 0 bridgehead atoms. The SMILES string of the molecule is COC(=O)C12CC=NCC1C2. The maximum absolute atomic E-state index is 11.2. The summed E-state index contributed by atoms with van der Waals surface area (Å²) in [5, 5.41) is 0. The van der Waals surface area contributed by atoms with Crippen LogP contribution in [0.3, 0.4) is 0 Å². The normalized spacial score (nSPS) is 39.5. The van der Waals surface area contributed by atoms with E-state index in [4.69, 9.17) is 4.74 Å². The zero-order valence-electron chi connectivity index (χ0n) is 6.54. The van der Waals surface area contributed by atoms with Crippen LogP contribution in [0.1, 0.15) is 12.8 Å². The summed E-state index contributed by atoms with van der Waals surface area (Å²) in [6, 6.07) is 0. The minimum Gasteiger partial charge on any atom is -0.469 e. The Morgan fingerprint density at radius 2 is 2.64 bits per heavy atom. The quantitative estimate of drug-likeness (QED) is 0.518. The second-order valence-electron chi connectivity index (χ2n) is 3.30. The average Bonchev–Trinajstić information content (AvgIpc) is 2.78. The summed E-state index contributed by atoms with van der Waals surface area (Å²) >= 11 is 0. The highest BCUT2D eigenvalue weighted by molar-refractivity contribution is 5.85. The number of ether oxygens (including phenoxy) is 1. The molecule has 0 radical (unpaired) electrons. The van der Waals surface area contributed by atoms with Crippen LogP contribution in [0.25, 0.3) is 0 Å². The predicted octanol–water partition coefficient (Wildman–Crippen LogP) is 0.640. The number of methoxy groups -OCH3 is 1. The minimum absolute atomic E-state index is 0.0475. The summed E-state index contributed by atoms with van der Waals surface area (Å²) in [4.78, 5) is 15.4. The fourth-order valence-corrected chi connectivity index (χ4v) is 1.84. The lowest BCUT2D eigenvalue weighted by atomic mass is 9.98. The molecule has 1 heterocycles. The summed E-state index contributed by atoms with van der Waals surface area (Å²) in [6.45, 7) is 0.815. The van der Waals surface area contributed by atoms with Gasteiger partial charge in [-0.1, -0.05) is 0 Å². The topological polar surface area (TPSA) is 38.7 Å². The Bertz CT molecular complexity index is 224. The van der Waals surface area contributed by atoms with Crippen LogP contribution < -0.4 is 0 Å². The van der Waals surface area contributed by atoms with Gasteiger partial charge in [-0.3, -0.25) is 9.79 Å². The number of nitrogens with zero attached hydrogens (tertiary/aromatic N) is 1. The molecule has 1 saturated carbocycles. The van der Waals surface area contributed by atoms with Crippen molar-refractivity contribution in [2.24, 2.45) is 16.3 Å². The molecule has 0 aromatic carbocycles. The van der Waals surface area contributed by atoms with Crippen LogP contribution in [0, 0.1) is 11.3 Å². The Balaban J connectivity index is 2.14. The minimum atomic E-state index is -0.156. The highest BCUT2D eigenvalue weighted by atomic mass is 16.5. The summed E-state index contributed by atoms with van der Waals surface area (Å²) in [5.41, 5.74) is -0.156. The van der Waals surface area contributed by atoms with Crippen molar-refractivity contribution in [3.8, 4) is 0 Å². The second kappa shape index (κ2) is 2.06. The van der Waals surface area contributed by atoms with Gasteiger partial charge in [-0.15, -0.1) is 0 Å². The highest BCUT2D eigenvalue weighted by Crippen LogP contribution is 2.57. The van der Waals surface area contributed by atoms with Gasteiger partial charge in [-0.25, -0.2) is 0 Å². The molecule has 0 aromatic rings. The van der Waals surface area contributed by atoms with Crippen LogP contribution in [0.15, 0.2) is 4.99 Å². The number of carbonyl (C=O) groups excluding carboxylic acids is 1. The predicted molar refractivity (Wildman–Crippen MR) is 40.5 cm³/mol. The van der Waals surface area contributed by atoms with Crippen LogP contribution >= 0.6 is 0 Å². The van der Waals surface area contributed by atoms with Crippen LogP contribution in [-0.4, -0.2) is 25.8 Å². The zero-order chi connectivity index (χ0) is 7.90. The van der Waals surface area contributed by atoms with E-state index in [2.05, 4.69) is 4.99 Å². The van der Waals surface area contributed by atoms with E-state index < -0.39 is 0 Å². The van der Waals surface area contributed by atoms with Crippen molar-refractivity contribution in [1.82, 2.24) is 0 Å². The summed E-state index contributed by atoms with van der Waals surface area (Å²) in [6.07, 6.45) is 3.60. The van der Waals surface area contributed by atoms with Crippen molar-refractivity contribution in [2.75, 3.05) is 13.7 Å². The molecule has 1 aliphatic heterocycles. The van der Waals surface area contributed by atoms with E-state index in [-0.39, 0.29) is 11.4 Å². The van der Waals surface area contributed by atoms with Gasteiger partial charge in [-0.05, 0) is 25.0 Å². The van der Waals surface area contributed by atoms with E-state index in [1.807, 2.05) is 6.21 Å². The molecule has 2 unspecified atom stereocenters. The molecule has 0 spiro atoms. The van der Waals surface area contributed by atoms with E-state index >= 15 is 0 Å². The van der Waals surface area contributed by atoms with Gasteiger partial charge in [0.25, 0.3) is 0 Å². The lowest BCUT2D eigenvalue weighted by molar-refractivity contribution is -0.147. The molecule has 2 rings (SSSR count). The molecule has 3 heteroatoms. The van der Waals surface area contributed by atoms with Crippen LogP contribution in [0.2, 0.25) is 0 Å². The largest absolute Gasteiger partial charge is 0.469 e. The lowest BCUT2D eigenvalue weighted by Gasteiger charge is -2.14. The van der Waals surface area contributed by atoms with Gasteiger partial charge in [0.2, 0.25) is 0 Å². The van der Waals surface area contributed by atoms with Crippen LogP contribution in [-0.2, 0) is 9.53 Å². The molecule has 60 valence electrons. The molecule has 0 amide bonds. The van der Waals surface area contributed by atoms with Crippen molar-refractivity contribution in [3.63, 3.8) is 0 Å². The fraction of sp³-hybridized carbons (Fsp3) is 0.750. The van der Waals surface area contributed by atoms with E-state index in [0.29, 0.717) is 5.92 Å². The van der Waals surface area contributed by atoms with Gasteiger partial charge in [0, 0.05) is 6.54 Å². The Kier molecular flexibility index (Phi) is 1.28. The number of rotatable bonds is 1. The third-order valence-electron chi connectivity index (χ3n) is 2.73. The van der Waals surface area contributed by atoms with Gasteiger partial charge >= 0.3 is 5.97 Å². The van der Waals surface area contributed by atoms with E-state index in [1.165, 1.54) is 7.11 Å². The van der Waals surface area contributed by atoms with Crippen LogP contribution in [0.4, 0.5) is 0 Å². The van der Waals surface area contributed by atoms with Crippen molar-refractivity contribution >= 4 is 12.2 Å². The standard InChI is InChI=1S/C8H11NO2/c1-11-7(10)8-2-3-9-5-6(8)4-8/h3,6H,2,4-5H2,1H3. The maximum atomic E-state index is 11.2. The van der Waals surface area contributed by atoms with Gasteiger partial charge < -0.3 is 4.74 Å². The third-order valence-corrected chi connectivity index (χ3v) is 2.73.